The molecule has 1 amide bonds. The van der Waals surface area contributed by atoms with E-state index in [9.17, 15) is 4.79 Å². The zero-order valence-corrected chi connectivity index (χ0v) is 12.9. The van der Waals surface area contributed by atoms with Gasteiger partial charge in [0.1, 0.15) is 17.7 Å². The molecular weight excluding hydrogens is 286 g/mol. The molecule has 0 aliphatic heterocycles. The van der Waals surface area contributed by atoms with Crippen LogP contribution < -0.4 is 10.1 Å². The van der Waals surface area contributed by atoms with Crippen molar-refractivity contribution in [2.45, 2.75) is 25.8 Å². The average molecular weight is 304 g/mol. The summed E-state index contributed by atoms with van der Waals surface area (Å²) >= 11 is 5.71. The van der Waals surface area contributed by atoms with Crippen molar-refractivity contribution in [2.75, 3.05) is 5.32 Å². The standard InChI is InChI=1S/C17H18ClNO2/c1-12-4-3-5-16(10-12)21-11-14-6-8-15(9-7-14)19-17(20)13(2)18/h3-10,13H,11H2,1-2H3,(H,19,20). The first-order valence-corrected chi connectivity index (χ1v) is 7.21. The highest BCUT2D eigenvalue weighted by Crippen LogP contribution is 2.16. The lowest BCUT2D eigenvalue weighted by Crippen LogP contribution is -2.20. The molecule has 0 heterocycles. The number of anilines is 1. The van der Waals surface area contributed by atoms with Crippen molar-refractivity contribution >= 4 is 23.2 Å². The fourth-order valence-electron chi connectivity index (χ4n) is 1.80. The molecule has 21 heavy (non-hydrogen) atoms. The molecule has 0 bridgehead atoms. The number of hydrogen-bond acceptors (Lipinski definition) is 2. The molecule has 0 aliphatic rings. The van der Waals surface area contributed by atoms with E-state index in [2.05, 4.69) is 5.32 Å². The Kier molecular flexibility index (Phi) is 5.23. The molecule has 0 aromatic heterocycles. The van der Waals surface area contributed by atoms with Gasteiger partial charge in [-0.05, 0) is 49.2 Å². The highest BCUT2D eigenvalue weighted by molar-refractivity contribution is 6.32. The van der Waals surface area contributed by atoms with E-state index >= 15 is 0 Å². The minimum atomic E-state index is -0.547. The van der Waals surface area contributed by atoms with E-state index < -0.39 is 5.38 Å². The van der Waals surface area contributed by atoms with Gasteiger partial charge in [0.2, 0.25) is 5.91 Å². The molecule has 4 heteroatoms. The Hall–Kier alpha value is -2.00. The second kappa shape index (κ2) is 7.14. The van der Waals surface area contributed by atoms with Crippen molar-refractivity contribution < 1.29 is 9.53 Å². The van der Waals surface area contributed by atoms with E-state index in [-0.39, 0.29) is 5.91 Å². The smallest absolute Gasteiger partial charge is 0.242 e. The Bertz CT molecular complexity index is 608. The van der Waals surface area contributed by atoms with E-state index in [4.69, 9.17) is 16.3 Å². The number of ether oxygens (including phenoxy) is 1. The summed E-state index contributed by atoms with van der Waals surface area (Å²) in [6.07, 6.45) is 0. The van der Waals surface area contributed by atoms with Crippen LogP contribution in [-0.4, -0.2) is 11.3 Å². The van der Waals surface area contributed by atoms with Gasteiger partial charge >= 0.3 is 0 Å². The van der Waals surface area contributed by atoms with Gasteiger partial charge < -0.3 is 10.1 Å². The first kappa shape index (κ1) is 15.4. The van der Waals surface area contributed by atoms with Crippen molar-refractivity contribution in [3.8, 4) is 5.75 Å². The summed E-state index contributed by atoms with van der Waals surface area (Å²) in [6, 6.07) is 15.4. The van der Waals surface area contributed by atoms with Gasteiger partial charge in [-0.1, -0.05) is 24.3 Å². The number of carbonyl (C=O) groups excluding carboxylic acids is 1. The van der Waals surface area contributed by atoms with Gasteiger partial charge in [-0.3, -0.25) is 4.79 Å². The monoisotopic (exact) mass is 303 g/mol. The highest BCUT2D eigenvalue weighted by Gasteiger charge is 2.08. The van der Waals surface area contributed by atoms with Crippen LogP contribution >= 0.6 is 11.6 Å². The molecule has 0 spiro atoms. The van der Waals surface area contributed by atoms with Crippen molar-refractivity contribution in [1.82, 2.24) is 0 Å². The topological polar surface area (TPSA) is 38.3 Å². The predicted octanol–water partition coefficient (Wildman–Crippen LogP) is 4.14. The van der Waals surface area contributed by atoms with Crippen LogP contribution in [0.5, 0.6) is 5.75 Å². The molecule has 110 valence electrons. The number of rotatable bonds is 5. The molecule has 3 nitrogen and oxygen atoms in total. The summed E-state index contributed by atoms with van der Waals surface area (Å²) in [5.74, 6) is 0.642. The maximum absolute atomic E-state index is 11.5. The number of benzene rings is 2. The fourth-order valence-corrected chi connectivity index (χ4v) is 1.85. The van der Waals surface area contributed by atoms with Crippen LogP contribution in [0.2, 0.25) is 0 Å². The van der Waals surface area contributed by atoms with E-state index in [0.717, 1.165) is 17.0 Å². The zero-order valence-electron chi connectivity index (χ0n) is 12.1. The third-order valence-electron chi connectivity index (χ3n) is 2.98. The number of nitrogens with one attached hydrogen (secondary N) is 1. The van der Waals surface area contributed by atoms with Gasteiger partial charge in [-0.2, -0.15) is 0 Å². The van der Waals surface area contributed by atoms with E-state index in [1.807, 2.05) is 55.5 Å². The van der Waals surface area contributed by atoms with Gasteiger partial charge in [-0.25, -0.2) is 0 Å². The number of halogens is 1. The Morgan fingerprint density at radius 3 is 2.57 bits per heavy atom. The van der Waals surface area contributed by atoms with E-state index in [0.29, 0.717) is 6.61 Å². The van der Waals surface area contributed by atoms with E-state index in [1.54, 1.807) is 6.92 Å². The lowest BCUT2D eigenvalue weighted by atomic mass is 10.2. The zero-order chi connectivity index (χ0) is 15.2. The van der Waals surface area contributed by atoms with E-state index in [1.165, 1.54) is 5.56 Å². The van der Waals surface area contributed by atoms with Crippen LogP contribution in [-0.2, 0) is 11.4 Å². The quantitative estimate of drug-likeness (QED) is 0.843. The second-order valence-corrected chi connectivity index (χ2v) is 5.56. The van der Waals surface area contributed by atoms with Crippen LogP contribution in [0.4, 0.5) is 5.69 Å². The summed E-state index contributed by atoms with van der Waals surface area (Å²) in [6.45, 7) is 4.16. The van der Waals surface area contributed by atoms with Gasteiger partial charge in [0, 0.05) is 5.69 Å². The normalized spacial score (nSPS) is 11.8. The molecule has 2 aromatic carbocycles. The third-order valence-corrected chi connectivity index (χ3v) is 3.18. The summed E-state index contributed by atoms with van der Waals surface area (Å²) in [4.78, 5) is 11.5. The molecule has 0 saturated heterocycles. The Morgan fingerprint density at radius 1 is 1.24 bits per heavy atom. The second-order valence-electron chi connectivity index (χ2n) is 4.91. The number of aryl methyl sites for hydroxylation is 1. The van der Waals surface area contributed by atoms with Gasteiger partial charge in [0.15, 0.2) is 0 Å². The molecular formula is C17H18ClNO2. The molecule has 1 atom stereocenters. The van der Waals surface area contributed by atoms with Crippen molar-refractivity contribution in [1.29, 1.82) is 0 Å². The molecule has 1 unspecified atom stereocenters. The predicted molar refractivity (Wildman–Crippen MR) is 85.9 cm³/mol. The number of amides is 1. The Balaban J connectivity index is 1.92. The fraction of sp³-hybridized carbons (Fsp3) is 0.235. The van der Waals surface area contributed by atoms with Crippen LogP contribution in [0.15, 0.2) is 48.5 Å². The van der Waals surface area contributed by atoms with Crippen molar-refractivity contribution in [2.24, 2.45) is 0 Å². The number of hydrogen-bond donors (Lipinski definition) is 1. The Morgan fingerprint density at radius 2 is 1.95 bits per heavy atom. The van der Waals surface area contributed by atoms with Crippen LogP contribution in [0.3, 0.4) is 0 Å². The van der Waals surface area contributed by atoms with Crippen LogP contribution in [0, 0.1) is 6.92 Å². The van der Waals surface area contributed by atoms with Crippen LogP contribution in [0.1, 0.15) is 18.1 Å². The number of alkyl halides is 1. The first-order valence-electron chi connectivity index (χ1n) is 6.78. The minimum Gasteiger partial charge on any atom is -0.489 e. The lowest BCUT2D eigenvalue weighted by molar-refractivity contribution is -0.115. The Labute approximate surface area is 129 Å². The highest BCUT2D eigenvalue weighted by atomic mass is 35.5. The van der Waals surface area contributed by atoms with Crippen molar-refractivity contribution in [3.05, 3.63) is 59.7 Å². The minimum absolute atomic E-state index is 0.208. The molecule has 0 fully saturated rings. The maximum Gasteiger partial charge on any atom is 0.242 e. The summed E-state index contributed by atoms with van der Waals surface area (Å²) in [5.41, 5.74) is 2.93. The van der Waals surface area contributed by atoms with Crippen LogP contribution in [0.25, 0.3) is 0 Å². The molecule has 2 aromatic rings. The molecule has 1 N–H and O–H groups in total. The maximum atomic E-state index is 11.5. The van der Waals surface area contributed by atoms with Crippen molar-refractivity contribution in [3.63, 3.8) is 0 Å². The molecule has 0 radical (unpaired) electrons. The third kappa shape index (κ3) is 4.80. The summed E-state index contributed by atoms with van der Waals surface area (Å²) in [7, 11) is 0. The lowest BCUT2D eigenvalue weighted by Gasteiger charge is -2.09. The molecule has 0 saturated carbocycles. The van der Waals surface area contributed by atoms with Gasteiger partial charge in [0.25, 0.3) is 0 Å². The molecule has 0 aliphatic carbocycles. The number of carbonyl (C=O) groups is 1. The first-order chi connectivity index (χ1) is 10.0. The largest absolute Gasteiger partial charge is 0.489 e. The SMILES string of the molecule is Cc1cccc(OCc2ccc(NC(=O)C(C)Cl)cc2)c1. The van der Waals surface area contributed by atoms with Gasteiger partial charge in [0.05, 0.1) is 0 Å². The van der Waals surface area contributed by atoms with Gasteiger partial charge in [-0.15, -0.1) is 11.6 Å². The average Bonchev–Trinajstić information content (AvgIpc) is 2.46. The summed E-state index contributed by atoms with van der Waals surface area (Å²) < 4.78 is 5.72. The molecule has 2 rings (SSSR count). The summed E-state index contributed by atoms with van der Waals surface area (Å²) in [5, 5.41) is 2.19.